The van der Waals surface area contributed by atoms with Crippen LogP contribution in [0.25, 0.3) is 10.9 Å². The van der Waals surface area contributed by atoms with Gasteiger partial charge in [-0.3, -0.25) is 9.25 Å². The van der Waals surface area contributed by atoms with Crippen LogP contribution in [0.2, 0.25) is 5.02 Å². The van der Waals surface area contributed by atoms with E-state index in [1.54, 1.807) is 36.1 Å². The number of aryl methyl sites for hydroxylation is 1. The van der Waals surface area contributed by atoms with Gasteiger partial charge in [0.15, 0.2) is 11.6 Å². The summed E-state index contributed by atoms with van der Waals surface area (Å²) in [5, 5.41) is 16.8. The van der Waals surface area contributed by atoms with Gasteiger partial charge in [-0.15, -0.1) is 0 Å². The number of benzene rings is 2. The lowest BCUT2D eigenvalue weighted by Crippen LogP contribution is -2.42. The summed E-state index contributed by atoms with van der Waals surface area (Å²) in [6.07, 6.45) is 1.71. The van der Waals surface area contributed by atoms with Gasteiger partial charge in [0.25, 0.3) is 0 Å². The number of nitriles is 1. The lowest BCUT2D eigenvalue weighted by Gasteiger charge is -2.16. The van der Waals surface area contributed by atoms with E-state index < -0.39 is 41.9 Å². The molecular weight excluding hydrogens is 463 g/mol. The van der Waals surface area contributed by atoms with Crippen LogP contribution in [0.4, 0.5) is 24.8 Å². The molecule has 168 valence electrons. The van der Waals surface area contributed by atoms with Crippen LogP contribution in [-0.4, -0.2) is 23.9 Å². The number of hydrogen-bond acceptors (Lipinski definition) is 6. The highest BCUT2D eigenvalue weighted by molar-refractivity contribution is 6.34. The second kappa shape index (κ2) is 8.44. The van der Waals surface area contributed by atoms with Crippen LogP contribution in [0.5, 0.6) is 0 Å². The van der Waals surface area contributed by atoms with Crippen LogP contribution >= 0.6 is 11.6 Å². The first-order valence-electron chi connectivity index (χ1n) is 9.30. The predicted octanol–water partition coefficient (Wildman–Crippen LogP) is 2.68. The minimum absolute atomic E-state index is 0.183. The van der Waals surface area contributed by atoms with Gasteiger partial charge in [0.05, 0.1) is 28.8 Å². The fourth-order valence-electron chi connectivity index (χ4n) is 3.21. The molecule has 2 aromatic heterocycles. The SMILES string of the molecule is Cn1cc2cc(Nc3nc(=O)n(CC#N)c(=O)n3Cc3cc(F)c(F)cc3F)c(Cl)cc2n1. The predicted molar refractivity (Wildman–Crippen MR) is 113 cm³/mol. The highest BCUT2D eigenvalue weighted by Gasteiger charge is 2.18. The third-order valence-corrected chi connectivity index (χ3v) is 5.06. The zero-order valence-corrected chi connectivity index (χ0v) is 17.6. The Morgan fingerprint density at radius 1 is 1.09 bits per heavy atom. The average Bonchev–Trinajstić information content (AvgIpc) is 3.10. The summed E-state index contributed by atoms with van der Waals surface area (Å²) >= 11 is 6.29. The monoisotopic (exact) mass is 475 g/mol. The van der Waals surface area contributed by atoms with Crippen molar-refractivity contribution in [2.24, 2.45) is 7.05 Å². The number of fused-ring (bicyclic) bond motifs is 1. The Morgan fingerprint density at radius 2 is 1.82 bits per heavy atom. The molecule has 0 unspecified atom stereocenters. The Hall–Kier alpha value is -4.11. The highest BCUT2D eigenvalue weighted by atomic mass is 35.5. The van der Waals surface area contributed by atoms with Crippen LogP contribution in [-0.2, 0) is 20.1 Å². The summed E-state index contributed by atoms with van der Waals surface area (Å²) < 4.78 is 44.2. The highest BCUT2D eigenvalue weighted by Crippen LogP contribution is 2.29. The van der Waals surface area contributed by atoms with E-state index in [2.05, 4.69) is 15.4 Å². The second-order valence-corrected chi connectivity index (χ2v) is 7.41. The molecule has 9 nitrogen and oxygen atoms in total. The van der Waals surface area contributed by atoms with E-state index >= 15 is 0 Å². The lowest BCUT2D eigenvalue weighted by molar-refractivity contribution is 0.486. The summed E-state index contributed by atoms with van der Waals surface area (Å²) in [6.45, 7) is -1.23. The van der Waals surface area contributed by atoms with E-state index in [1.807, 2.05) is 0 Å². The maximum Gasteiger partial charge on any atom is 0.355 e. The van der Waals surface area contributed by atoms with Gasteiger partial charge in [-0.05, 0) is 18.2 Å². The van der Waals surface area contributed by atoms with Gasteiger partial charge < -0.3 is 5.32 Å². The Labute approximate surface area is 187 Å². The molecular formula is C20H13ClF3N7O2. The number of halogens is 4. The third kappa shape index (κ3) is 4.18. The van der Waals surface area contributed by atoms with Gasteiger partial charge in [0.2, 0.25) is 5.95 Å². The van der Waals surface area contributed by atoms with Gasteiger partial charge in [0.1, 0.15) is 12.4 Å². The summed E-state index contributed by atoms with van der Waals surface area (Å²) in [5.41, 5.74) is -1.59. The largest absolute Gasteiger partial charge is 0.355 e. The van der Waals surface area contributed by atoms with Gasteiger partial charge in [-0.1, -0.05) is 11.6 Å². The number of nitrogens with one attached hydrogen (secondary N) is 1. The Balaban J connectivity index is 1.87. The van der Waals surface area contributed by atoms with Gasteiger partial charge >= 0.3 is 11.4 Å². The number of aromatic nitrogens is 5. The van der Waals surface area contributed by atoms with Crippen LogP contribution < -0.4 is 16.7 Å². The summed E-state index contributed by atoms with van der Waals surface area (Å²) in [5.74, 6) is -4.17. The first-order chi connectivity index (χ1) is 15.7. The van der Waals surface area contributed by atoms with E-state index in [9.17, 15) is 22.8 Å². The molecule has 0 aliphatic rings. The molecule has 0 bridgehead atoms. The standard InChI is InChI=1S/C20H13ClF3N7O2/c1-29-8-11-5-17(12(21)6-16(11)28-29)26-18-27-19(32)30(3-2-25)20(33)31(18)9-10-4-14(23)15(24)7-13(10)22/h4-8H,3,9H2,1H3,(H,26,27,32). The number of nitrogens with zero attached hydrogens (tertiary/aromatic N) is 6. The molecule has 4 aromatic rings. The number of hydrogen-bond donors (Lipinski definition) is 1. The molecule has 0 spiro atoms. The summed E-state index contributed by atoms with van der Waals surface area (Å²) in [4.78, 5) is 29.0. The first-order valence-corrected chi connectivity index (χ1v) is 9.67. The number of anilines is 2. The molecule has 0 atom stereocenters. The van der Waals surface area contributed by atoms with E-state index in [0.29, 0.717) is 27.6 Å². The molecule has 0 amide bonds. The zero-order chi connectivity index (χ0) is 23.9. The lowest BCUT2D eigenvalue weighted by atomic mass is 10.2. The number of rotatable bonds is 5. The van der Waals surface area contributed by atoms with Crippen LogP contribution in [0, 0.1) is 28.8 Å². The first kappa shape index (κ1) is 22.1. The average molecular weight is 476 g/mol. The molecule has 0 saturated carbocycles. The van der Waals surface area contributed by atoms with Crippen molar-refractivity contribution in [3.05, 3.63) is 79.5 Å². The summed E-state index contributed by atoms with van der Waals surface area (Å²) in [6, 6.07) is 5.74. The smallest absolute Gasteiger partial charge is 0.324 e. The van der Waals surface area contributed by atoms with Crippen molar-refractivity contribution in [3.8, 4) is 6.07 Å². The maximum absolute atomic E-state index is 14.3. The molecule has 0 saturated heterocycles. The van der Waals surface area contributed by atoms with Crippen molar-refractivity contribution in [1.82, 2.24) is 23.9 Å². The van der Waals surface area contributed by atoms with Crippen molar-refractivity contribution >= 4 is 34.1 Å². The third-order valence-electron chi connectivity index (χ3n) is 4.75. The minimum atomic E-state index is -1.40. The Morgan fingerprint density at radius 3 is 2.55 bits per heavy atom. The fraction of sp³-hybridized carbons (Fsp3) is 0.150. The van der Waals surface area contributed by atoms with Crippen molar-refractivity contribution in [3.63, 3.8) is 0 Å². The molecule has 0 aliphatic carbocycles. The molecule has 1 N–H and O–H groups in total. The van der Waals surface area contributed by atoms with E-state index in [1.165, 1.54) is 0 Å². The molecule has 4 rings (SSSR count). The molecule has 0 radical (unpaired) electrons. The topological polar surface area (TPSA) is 111 Å². The Bertz CT molecular complexity index is 1570. The van der Waals surface area contributed by atoms with Crippen molar-refractivity contribution in [2.75, 3.05) is 5.32 Å². The Kier molecular flexibility index (Phi) is 5.65. The van der Waals surface area contributed by atoms with Crippen molar-refractivity contribution < 1.29 is 13.2 Å². The minimum Gasteiger partial charge on any atom is -0.324 e. The van der Waals surface area contributed by atoms with Crippen molar-refractivity contribution in [2.45, 2.75) is 13.1 Å². The van der Waals surface area contributed by atoms with Gasteiger partial charge in [-0.25, -0.2) is 27.3 Å². The fourth-order valence-corrected chi connectivity index (χ4v) is 3.42. The van der Waals surface area contributed by atoms with Gasteiger partial charge in [0, 0.05) is 30.3 Å². The quantitative estimate of drug-likeness (QED) is 0.444. The molecule has 2 aromatic carbocycles. The normalized spacial score (nSPS) is 11.0. The maximum atomic E-state index is 14.3. The van der Waals surface area contributed by atoms with Crippen LogP contribution in [0.15, 0.2) is 40.1 Å². The van der Waals surface area contributed by atoms with Gasteiger partial charge in [-0.2, -0.15) is 15.3 Å². The van der Waals surface area contributed by atoms with E-state index in [0.717, 1.165) is 4.57 Å². The molecule has 33 heavy (non-hydrogen) atoms. The molecule has 13 heteroatoms. The van der Waals surface area contributed by atoms with E-state index in [4.69, 9.17) is 16.9 Å². The van der Waals surface area contributed by atoms with Crippen molar-refractivity contribution in [1.29, 1.82) is 5.26 Å². The summed E-state index contributed by atoms with van der Waals surface area (Å²) in [7, 11) is 1.71. The molecule has 2 heterocycles. The van der Waals surface area contributed by atoms with Crippen LogP contribution in [0.1, 0.15) is 5.56 Å². The zero-order valence-electron chi connectivity index (χ0n) is 16.8. The second-order valence-electron chi connectivity index (χ2n) is 7.01. The van der Waals surface area contributed by atoms with E-state index in [-0.39, 0.29) is 22.2 Å². The van der Waals surface area contributed by atoms with Crippen LogP contribution in [0.3, 0.4) is 0 Å². The molecule has 0 aliphatic heterocycles. The molecule has 0 fully saturated rings.